The first-order chi connectivity index (χ1) is 7.29. The van der Waals surface area contributed by atoms with E-state index in [4.69, 9.17) is 11.6 Å². The molecule has 15 heavy (non-hydrogen) atoms. The number of hydrogen-bond donors (Lipinski definition) is 0. The lowest BCUT2D eigenvalue weighted by molar-refractivity contribution is 0.507. The summed E-state index contributed by atoms with van der Waals surface area (Å²) < 4.78 is 2.28. The lowest BCUT2D eigenvalue weighted by atomic mass is 10.0. The molecule has 1 aromatic heterocycles. The van der Waals surface area contributed by atoms with E-state index in [-0.39, 0.29) is 0 Å². The zero-order valence-corrected chi connectivity index (χ0v) is 10.1. The van der Waals surface area contributed by atoms with Crippen molar-refractivity contribution < 1.29 is 0 Å². The molecule has 0 spiro atoms. The van der Waals surface area contributed by atoms with Crippen LogP contribution in [0.25, 0.3) is 0 Å². The standard InChI is InChI=1S/C12H19ClN2/c1-2-6-15-7-5-14-12(15)9-10-3-4-11(13)8-10/h5,7,10-11H,2-4,6,8-9H2,1H3. The monoisotopic (exact) mass is 226 g/mol. The summed E-state index contributed by atoms with van der Waals surface area (Å²) in [7, 11) is 0. The molecule has 1 aliphatic rings. The highest BCUT2D eigenvalue weighted by molar-refractivity contribution is 6.20. The zero-order valence-electron chi connectivity index (χ0n) is 9.32. The molecule has 1 fully saturated rings. The Kier molecular flexibility index (Phi) is 3.68. The third kappa shape index (κ3) is 2.75. The van der Waals surface area contributed by atoms with E-state index in [0.29, 0.717) is 5.38 Å². The summed E-state index contributed by atoms with van der Waals surface area (Å²) in [5.74, 6) is 2.00. The quantitative estimate of drug-likeness (QED) is 0.721. The third-order valence-corrected chi connectivity index (χ3v) is 3.61. The van der Waals surface area contributed by atoms with Crippen LogP contribution in [0.2, 0.25) is 0 Å². The van der Waals surface area contributed by atoms with Crippen LogP contribution in [0.3, 0.4) is 0 Å². The molecule has 1 heterocycles. The lowest BCUT2D eigenvalue weighted by Crippen LogP contribution is -2.08. The second-order valence-corrected chi connectivity index (χ2v) is 5.13. The first kappa shape index (κ1) is 11.0. The summed E-state index contributed by atoms with van der Waals surface area (Å²) >= 11 is 6.12. The molecule has 3 heteroatoms. The number of alkyl halides is 1. The van der Waals surface area contributed by atoms with Gasteiger partial charge < -0.3 is 4.57 Å². The van der Waals surface area contributed by atoms with Gasteiger partial charge in [-0.05, 0) is 31.6 Å². The van der Waals surface area contributed by atoms with E-state index in [0.717, 1.165) is 18.9 Å². The minimum absolute atomic E-state index is 0.407. The fourth-order valence-corrected chi connectivity index (χ4v) is 2.81. The van der Waals surface area contributed by atoms with Gasteiger partial charge in [0.2, 0.25) is 0 Å². The van der Waals surface area contributed by atoms with E-state index in [2.05, 4.69) is 22.7 Å². The Hall–Kier alpha value is -0.500. The smallest absolute Gasteiger partial charge is 0.108 e. The summed E-state index contributed by atoms with van der Waals surface area (Å²) in [4.78, 5) is 4.44. The summed E-state index contributed by atoms with van der Waals surface area (Å²) in [6, 6.07) is 0. The van der Waals surface area contributed by atoms with Gasteiger partial charge in [-0.3, -0.25) is 0 Å². The summed E-state index contributed by atoms with van der Waals surface area (Å²) in [5.41, 5.74) is 0. The van der Waals surface area contributed by atoms with E-state index in [1.54, 1.807) is 0 Å². The number of aryl methyl sites for hydroxylation is 1. The normalized spacial score (nSPS) is 26.0. The second kappa shape index (κ2) is 5.02. The Balaban J connectivity index is 1.95. The van der Waals surface area contributed by atoms with Crippen molar-refractivity contribution in [3.8, 4) is 0 Å². The van der Waals surface area contributed by atoms with E-state index in [1.807, 2.05) is 6.20 Å². The van der Waals surface area contributed by atoms with Gasteiger partial charge in [-0.2, -0.15) is 0 Å². The molecule has 1 saturated carbocycles. The van der Waals surface area contributed by atoms with Gasteiger partial charge in [0.05, 0.1) is 0 Å². The van der Waals surface area contributed by atoms with Crippen molar-refractivity contribution in [1.29, 1.82) is 0 Å². The Morgan fingerprint density at radius 1 is 1.53 bits per heavy atom. The Morgan fingerprint density at radius 3 is 3.07 bits per heavy atom. The molecule has 2 nitrogen and oxygen atoms in total. The number of halogens is 1. The number of aromatic nitrogens is 2. The topological polar surface area (TPSA) is 17.8 Å². The van der Waals surface area contributed by atoms with Gasteiger partial charge in [0, 0.05) is 30.7 Å². The van der Waals surface area contributed by atoms with Crippen LogP contribution in [0.4, 0.5) is 0 Å². The van der Waals surface area contributed by atoms with Crippen LogP contribution in [-0.2, 0) is 13.0 Å². The molecule has 1 aromatic rings. The van der Waals surface area contributed by atoms with Crippen LogP contribution in [-0.4, -0.2) is 14.9 Å². The van der Waals surface area contributed by atoms with Crippen LogP contribution in [0, 0.1) is 5.92 Å². The maximum Gasteiger partial charge on any atom is 0.108 e. The van der Waals surface area contributed by atoms with Crippen LogP contribution in [0.1, 0.15) is 38.4 Å². The fraction of sp³-hybridized carbons (Fsp3) is 0.750. The van der Waals surface area contributed by atoms with Gasteiger partial charge in [-0.25, -0.2) is 4.98 Å². The largest absolute Gasteiger partial charge is 0.335 e. The van der Waals surface area contributed by atoms with E-state index in [9.17, 15) is 0 Å². The van der Waals surface area contributed by atoms with Crippen LogP contribution >= 0.6 is 11.6 Å². The molecule has 0 bridgehead atoms. The van der Waals surface area contributed by atoms with E-state index in [1.165, 1.54) is 31.5 Å². The maximum atomic E-state index is 6.12. The van der Waals surface area contributed by atoms with Crippen molar-refractivity contribution in [3.05, 3.63) is 18.2 Å². The van der Waals surface area contributed by atoms with Crippen LogP contribution in [0.15, 0.2) is 12.4 Å². The van der Waals surface area contributed by atoms with Crippen LogP contribution < -0.4 is 0 Å². The molecular weight excluding hydrogens is 208 g/mol. The lowest BCUT2D eigenvalue weighted by Gasteiger charge is -2.10. The number of rotatable bonds is 4. The van der Waals surface area contributed by atoms with Crippen LogP contribution in [0.5, 0.6) is 0 Å². The van der Waals surface area contributed by atoms with E-state index >= 15 is 0 Å². The number of nitrogens with zero attached hydrogens (tertiary/aromatic N) is 2. The first-order valence-corrected chi connectivity index (χ1v) is 6.37. The summed E-state index contributed by atoms with van der Waals surface area (Å²) in [6.07, 6.45) is 9.90. The molecule has 84 valence electrons. The Bertz CT molecular complexity index is 308. The number of imidazole rings is 1. The molecule has 0 amide bonds. The highest BCUT2D eigenvalue weighted by Gasteiger charge is 2.24. The average molecular weight is 227 g/mol. The predicted molar refractivity (Wildman–Crippen MR) is 63.2 cm³/mol. The Morgan fingerprint density at radius 2 is 2.40 bits per heavy atom. The molecule has 0 radical (unpaired) electrons. The summed E-state index contributed by atoms with van der Waals surface area (Å²) in [6.45, 7) is 3.29. The highest BCUT2D eigenvalue weighted by atomic mass is 35.5. The van der Waals surface area contributed by atoms with Crippen molar-refractivity contribution >= 4 is 11.6 Å². The van der Waals surface area contributed by atoms with Crippen molar-refractivity contribution in [2.24, 2.45) is 5.92 Å². The second-order valence-electron chi connectivity index (χ2n) is 4.52. The summed E-state index contributed by atoms with van der Waals surface area (Å²) in [5, 5.41) is 0.407. The van der Waals surface area contributed by atoms with Crippen molar-refractivity contribution in [2.75, 3.05) is 0 Å². The third-order valence-electron chi connectivity index (χ3n) is 3.21. The van der Waals surface area contributed by atoms with E-state index < -0.39 is 0 Å². The highest BCUT2D eigenvalue weighted by Crippen LogP contribution is 2.31. The van der Waals surface area contributed by atoms with Gasteiger partial charge in [0.15, 0.2) is 0 Å². The molecule has 2 atom stereocenters. The Labute approximate surface area is 96.7 Å². The maximum absolute atomic E-state index is 6.12. The molecule has 1 aliphatic carbocycles. The van der Waals surface area contributed by atoms with Gasteiger partial charge in [0.1, 0.15) is 5.82 Å². The minimum Gasteiger partial charge on any atom is -0.335 e. The average Bonchev–Trinajstić information content (AvgIpc) is 2.78. The minimum atomic E-state index is 0.407. The van der Waals surface area contributed by atoms with Crippen molar-refractivity contribution in [1.82, 2.24) is 9.55 Å². The molecule has 0 saturated heterocycles. The van der Waals surface area contributed by atoms with Gasteiger partial charge >= 0.3 is 0 Å². The molecule has 2 rings (SSSR count). The molecule has 0 N–H and O–H groups in total. The van der Waals surface area contributed by atoms with Gasteiger partial charge in [-0.15, -0.1) is 11.6 Å². The molecular formula is C12H19ClN2. The van der Waals surface area contributed by atoms with Crippen molar-refractivity contribution in [2.45, 2.75) is 50.9 Å². The molecule has 2 unspecified atom stereocenters. The first-order valence-electron chi connectivity index (χ1n) is 5.93. The van der Waals surface area contributed by atoms with Gasteiger partial charge in [0.25, 0.3) is 0 Å². The SMILES string of the molecule is CCCn1ccnc1CC1CCC(Cl)C1. The van der Waals surface area contributed by atoms with Gasteiger partial charge in [-0.1, -0.05) is 6.92 Å². The number of hydrogen-bond acceptors (Lipinski definition) is 1. The fourth-order valence-electron chi connectivity index (χ4n) is 2.43. The van der Waals surface area contributed by atoms with Crippen molar-refractivity contribution in [3.63, 3.8) is 0 Å². The zero-order chi connectivity index (χ0) is 10.7. The molecule has 0 aliphatic heterocycles. The molecule has 0 aromatic carbocycles. The predicted octanol–water partition coefficient (Wildman–Crippen LogP) is 3.24.